The molecule has 0 aromatic rings. The van der Waals surface area contributed by atoms with Gasteiger partial charge in [0.25, 0.3) is 0 Å². The summed E-state index contributed by atoms with van der Waals surface area (Å²) < 4.78 is 4.02. The largest absolute Gasteiger partial charge is 0.357 e. The summed E-state index contributed by atoms with van der Waals surface area (Å²) in [4.78, 5) is 0. The lowest BCUT2D eigenvalue weighted by atomic mass is 10.7. The molecule has 0 radical (unpaired) electrons. The fraction of sp³-hybridized carbons (Fsp3) is 1.00. The van der Waals surface area contributed by atoms with E-state index in [2.05, 4.69) is 0 Å². The standard InChI is InChI=1S/C4H5Cl3OS/c5-3-4(6,7)9-2-1-8-3/h3H,1-2H2. The first kappa shape index (κ1) is 8.28. The molecule has 0 spiro atoms. The first-order chi connectivity index (χ1) is 4.13. The quantitative estimate of drug-likeness (QED) is 0.564. The highest BCUT2D eigenvalue weighted by atomic mass is 35.5. The van der Waals surface area contributed by atoms with Crippen molar-refractivity contribution in [1.29, 1.82) is 0 Å². The maximum Gasteiger partial charge on any atom is 0.203 e. The summed E-state index contributed by atoms with van der Waals surface area (Å²) in [5.41, 5.74) is -0.584. The van der Waals surface area contributed by atoms with Crippen molar-refractivity contribution in [2.75, 3.05) is 12.4 Å². The highest BCUT2D eigenvalue weighted by Gasteiger charge is 2.37. The summed E-state index contributed by atoms with van der Waals surface area (Å²) in [6, 6.07) is 0. The second kappa shape index (κ2) is 3.05. The first-order valence-electron chi connectivity index (χ1n) is 2.40. The molecule has 0 saturated carbocycles. The third kappa shape index (κ3) is 2.05. The van der Waals surface area contributed by atoms with E-state index in [4.69, 9.17) is 39.5 Å². The minimum Gasteiger partial charge on any atom is -0.357 e. The van der Waals surface area contributed by atoms with Gasteiger partial charge < -0.3 is 4.74 Å². The first-order valence-corrected chi connectivity index (χ1v) is 4.58. The molecule has 0 aromatic carbocycles. The maximum absolute atomic E-state index is 5.69. The van der Waals surface area contributed by atoms with Crippen LogP contribution >= 0.6 is 46.6 Å². The van der Waals surface area contributed by atoms with Gasteiger partial charge in [-0.15, -0.1) is 11.8 Å². The van der Waals surface area contributed by atoms with Crippen molar-refractivity contribution in [3.8, 4) is 0 Å². The van der Waals surface area contributed by atoms with Crippen LogP contribution in [0.4, 0.5) is 0 Å². The Hall–Kier alpha value is 1.18. The van der Waals surface area contributed by atoms with E-state index < -0.39 is 9.23 Å². The Labute approximate surface area is 73.0 Å². The van der Waals surface area contributed by atoms with Gasteiger partial charge >= 0.3 is 0 Å². The summed E-state index contributed by atoms with van der Waals surface area (Å²) in [5, 5.41) is 0. The number of halogens is 3. The van der Waals surface area contributed by atoms with Gasteiger partial charge in [-0.1, -0.05) is 34.8 Å². The summed E-state index contributed by atoms with van der Waals surface area (Å²) in [5.74, 6) is 0.802. The fourth-order valence-electron chi connectivity index (χ4n) is 0.492. The molecule has 0 bridgehead atoms. The van der Waals surface area contributed by atoms with Crippen molar-refractivity contribution in [2.24, 2.45) is 0 Å². The zero-order valence-electron chi connectivity index (χ0n) is 4.44. The van der Waals surface area contributed by atoms with Crippen LogP contribution in [0.15, 0.2) is 0 Å². The second-order valence-electron chi connectivity index (χ2n) is 1.60. The van der Waals surface area contributed by atoms with Crippen molar-refractivity contribution in [2.45, 2.75) is 9.23 Å². The highest BCUT2D eigenvalue weighted by molar-refractivity contribution is 8.03. The van der Waals surface area contributed by atoms with Crippen molar-refractivity contribution in [3.05, 3.63) is 0 Å². The monoisotopic (exact) mass is 206 g/mol. The predicted molar refractivity (Wildman–Crippen MR) is 42.5 cm³/mol. The van der Waals surface area contributed by atoms with Gasteiger partial charge in [0.15, 0.2) is 5.56 Å². The molecule has 1 saturated heterocycles. The molecule has 5 heteroatoms. The third-order valence-electron chi connectivity index (χ3n) is 0.906. The van der Waals surface area contributed by atoms with Gasteiger partial charge in [-0.25, -0.2) is 0 Å². The lowest BCUT2D eigenvalue weighted by molar-refractivity contribution is 0.118. The van der Waals surface area contributed by atoms with E-state index >= 15 is 0 Å². The van der Waals surface area contributed by atoms with E-state index in [1.807, 2.05) is 0 Å². The minimum atomic E-state index is -0.959. The lowest BCUT2D eigenvalue weighted by Crippen LogP contribution is -2.31. The lowest BCUT2D eigenvalue weighted by Gasteiger charge is -2.28. The van der Waals surface area contributed by atoms with Gasteiger partial charge in [0.2, 0.25) is 3.67 Å². The molecule has 54 valence electrons. The summed E-state index contributed by atoms with van der Waals surface area (Å²) in [6.45, 7) is 0.625. The highest BCUT2D eigenvalue weighted by Crippen LogP contribution is 2.43. The molecule has 1 unspecified atom stereocenters. The van der Waals surface area contributed by atoms with Crippen LogP contribution in [0.2, 0.25) is 0 Å². The van der Waals surface area contributed by atoms with Crippen LogP contribution in [0.5, 0.6) is 0 Å². The van der Waals surface area contributed by atoms with Gasteiger partial charge in [0.05, 0.1) is 6.61 Å². The Morgan fingerprint density at radius 2 is 2.22 bits per heavy atom. The van der Waals surface area contributed by atoms with E-state index in [1.165, 1.54) is 11.8 Å². The zero-order chi connectivity index (χ0) is 6.91. The van der Waals surface area contributed by atoms with E-state index in [9.17, 15) is 0 Å². The second-order valence-corrected chi connectivity index (χ2v) is 5.17. The molecule has 0 aromatic heterocycles. The van der Waals surface area contributed by atoms with Crippen LogP contribution in [0.25, 0.3) is 0 Å². The smallest absolute Gasteiger partial charge is 0.203 e. The number of alkyl halides is 3. The van der Waals surface area contributed by atoms with Crippen molar-refractivity contribution in [3.63, 3.8) is 0 Å². The van der Waals surface area contributed by atoms with Crippen LogP contribution in [-0.2, 0) is 4.74 Å². The molecule has 0 N–H and O–H groups in total. The average molecular weight is 208 g/mol. The fourth-order valence-corrected chi connectivity index (χ4v) is 2.01. The van der Waals surface area contributed by atoms with Gasteiger partial charge in [0.1, 0.15) is 0 Å². The molecule has 1 rings (SSSR count). The molecule has 9 heavy (non-hydrogen) atoms. The molecule has 1 heterocycles. The van der Waals surface area contributed by atoms with Crippen molar-refractivity contribution in [1.82, 2.24) is 0 Å². The van der Waals surface area contributed by atoms with E-state index in [1.54, 1.807) is 0 Å². The van der Waals surface area contributed by atoms with E-state index in [0.717, 1.165) is 5.75 Å². The van der Waals surface area contributed by atoms with Gasteiger partial charge in [0, 0.05) is 5.75 Å². The summed E-state index contributed by atoms with van der Waals surface area (Å²) >= 11 is 18.4. The molecule has 0 aliphatic carbocycles. The molecular weight excluding hydrogens is 202 g/mol. The SMILES string of the molecule is ClC1OCCSC1(Cl)Cl. The molecule has 0 amide bonds. The van der Waals surface area contributed by atoms with Crippen LogP contribution < -0.4 is 0 Å². The average Bonchev–Trinajstić information content (AvgIpc) is 1.77. The van der Waals surface area contributed by atoms with Crippen molar-refractivity contribution < 1.29 is 4.74 Å². The van der Waals surface area contributed by atoms with Crippen LogP contribution in [0, 0.1) is 0 Å². The Morgan fingerprint density at radius 1 is 1.56 bits per heavy atom. The number of ether oxygens (including phenoxy) is 1. The van der Waals surface area contributed by atoms with E-state index in [0.29, 0.717) is 6.61 Å². The van der Waals surface area contributed by atoms with Gasteiger partial charge in [-0.2, -0.15) is 0 Å². The molecule has 1 aliphatic heterocycles. The molecular formula is C4H5Cl3OS. The topological polar surface area (TPSA) is 9.23 Å². The van der Waals surface area contributed by atoms with E-state index in [-0.39, 0.29) is 0 Å². The molecule has 1 aliphatic rings. The minimum absolute atomic E-state index is 0.584. The molecule has 1 atom stereocenters. The molecule has 1 fully saturated rings. The number of hydrogen-bond donors (Lipinski definition) is 0. The van der Waals surface area contributed by atoms with Gasteiger partial charge in [-0.05, 0) is 0 Å². The van der Waals surface area contributed by atoms with Crippen molar-refractivity contribution >= 4 is 46.6 Å². The normalized spacial score (nSPS) is 34.3. The Bertz CT molecular complexity index is 108. The maximum atomic E-state index is 5.69. The van der Waals surface area contributed by atoms with Crippen LogP contribution in [0.1, 0.15) is 0 Å². The summed E-state index contributed by atoms with van der Waals surface area (Å²) in [7, 11) is 0. The van der Waals surface area contributed by atoms with Crippen LogP contribution in [0.3, 0.4) is 0 Å². The zero-order valence-corrected chi connectivity index (χ0v) is 7.53. The number of rotatable bonds is 0. The predicted octanol–water partition coefficient (Wildman–Crippen LogP) is 2.45. The Morgan fingerprint density at radius 3 is 2.56 bits per heavy atom. The summed E-state index contributed by atoms with van der Waals surface area (Å²) in [6.07, 6.45) is 0. The Balaban J connectivity index is 2.49. The Kier molecular flexibility index (Phi) is 2.81. The van der Waals surface area contributed by atoms with Gasteiger partial charge in [-0.3, -0.25) is 0 Å². The van der Waals surface area contributed by atoms with Crippen LogP contribution in [-0.4, -0.2) is 21.6 Å². The number of hydrogen-bond acceptors (Lipinski definition) is 2. The number of thioether (sulfide) groups is 1. The third-order valence-corrected chi connectivity index (χ3v) is 3.73. The molecule has 1 nitrogen and oxygen atoms in total.